The van der Waals surface area contributed by atoms with E-state index < -0.39 is 6.16 Å². The summed E-state index contributed by atoms with van der Waals surface area (Å²) in [5.74, 6) is 1.34. The molecule has 1 aliphatic rings. The topological polar surface area (TPSA) is 65.0 Å². The second-order valence-electron chi connectivity index (χ2n) is 5.19. The predicted molar refractivity (Wildman–Crippen MR) is 95.0 cm³/mol. The summed E-state index contributed by atoms with van der Waals surface area (Å²) >= 11 is 5.89. The van der Waals surface area contributed by atoms with Crippen LogP contribution in [0.3, 0.4) is 0 Å². The van der Waals surface area contributed by atoms with Gasteiger partial charge in [-0.15, -0.1) is 0 Å². The Balaban J connectivity index is 1.86. The fraction of sp³-hybridized carbons (Fsp3) is 0.105. The van der Waals surface area contributed by atoms with E-state index in [2.05, 4.69) is 4.74 Å². The molecular formula is C19H15ClO5. The first-order valence-electron chi connectivity index (χ1n) is 7.51. The summed E-state index contributed by atoms with van der Waals surface area (Å²) in [4.78, 5) is 10.6. The van der Waals surface area contributed by atoms with E-state index in [1.54, 1.807) is 18.2 Å². The van der Waals surface area contributed by atoms with E-state index in [0.717, 1.165) is 16.7 Å². The van der Waals surface area contributed by atoms with Gasteiger partial charge in [-0.25, -0.2) is 4.79 Å². The molecule has 0 saturated carbocycles. The van der Waals surface area contributed by atoms with E-state index in [9.17, 15) is 4.79 Å². The van der Waals surface area contributed by atoms with Gasteiger partial charge in [0.25, 0.3) is 0 Å². The molecule has 5 nitrogen and oxygen atoms in total. The van der Waals surface area contributed by atoms with Gasteiger partial charge in [0.2, 0.25) is 6.79 Å². The summed E-state index contributed by atoms with van der Waals surface area (Å²) in [7, 11) is 0. The Labute approximate surface area is 149 Å². The molecule has 1 aliphatic heterocycles. The Morgan fingerprint density at radius 1 is 1.16 bits per heavy atom. The van der Waals surface area contributed by atoms with Crippen LogP contribution in [0.4, 0.5) is 4.79 Å². The lowest BCUT2D eigenvalue weighted by Crippen LogP contribution is -1.99. The fourth-order valence-corrected chi connectivity index (χ4v) is 2.45. The van der Waals surface area contributed by atoms with Crippen molar-refractivity contribution in [2.45, 2.75) is 0 Å². The van der Waals surface area contributed by atoms with Gasteiger partial charge in [-0.05, 0) is 47.0 Å². The van der Waals surface area contributed by atoms with Crippen LogP contribution in [-0.2, 0) is 4.74 Å². The van der Waals surface area contributed by atoms with Crippen molar-refractivity contribution in [1.29, 1.82) is 0 Å². The van der Waals surface area contributed by atoms with E-state index in [1.165, 1.54) is 0 Å². The van der Waals surface area contributed by atoms with Crippen molar-refractivity contribution in [3.63, 3.8) is 0 Å². The number of allylic oxidation sites excluding steroid dienone is 2. The molecule has 0 atom stereocenters. The van der Waals surface area contributed by atoms with Crippen LogP contribution < -0.4 is 9.47 Å². The van der Waals surface area contributed by atoms with E-state index in [-0.39, 0.29) is 13.4 Å². The van der Waals surface area contributed by atoms with Crippen LogP contribution in [-0.4, -0.2) is 24.7 Å². The van der Waals surface area contributed by atoms with Crippen molar-refractivity contribution in [3.05, 3.63) is 70.8 Å². The quantitative estimate of drug-likeness (QED) is 0.610. The van der Waals surface area contributed by atoms with Crippen LogP contribution in [0.1, 0.15) is 11.1 Å². The second kappa shape index (κ2) is 7.77. The Morgan fingerprint density at radius 2 is 1.92 bits per heavy atom. The van der Waals surface area contributed by atoms with Crippen LogP contribution in [0.5, 0.6) is 11.5 Å². The van der Waals surface area contributed by atoms with E-state index >= 15 is 0 Å². The van der Waals surface area contributed by atoms with Crippen molar-refractivity contribution >= 4 is 29.4 Å². The molecule has 1 heterocycles. The first kappa shape index (κ1) is 16.9. The lowest BCUT2D eigenvalue weighted by atomic mass is 10.0. The van der Waals surface area contributed by atoms with Crippen LogP contribution in [0, 0.1) is 0 Å². The van der Waals surface area contributed by atoms with Gasteiger partial charge in [-0.3, -0.25) is 0 Å². The summed E-state index contributed by atoms with van der Waals surface area (Å²) in [5.41, 5.74) is 2.63. The van der Waals surface area contributed by atoms with E-state index in [0.29, 0.717) is 16.5 Å². The zero-order valence-corrected chi connectivity index (χ0v) is 13.9. The molecule has 0 aromatic heterocycles. The third kappa shape index (κ3) is 4.55. The Bertz CT molecular complexity index is 824. The molecular weight excluding hydrogens is 344 g/mol. The molecule has 2 aromatic carbocycles. The summed E-state index contributed by atoms with van der Waals surface area (Å²) in [6.45, 7) is 0.143. The lowest BCUT2D eigenvalue weighted by Gasteiger charge is -2.05. The Kier molecular flexibility index (Phi) is 5.26. The minimum absolute atomic E-state index is 0.0515. The van der Waals surface area contributed by atoms with Gasteiger partial charge in [0.15, 0.2) is 11.5 Å². The standard InChI is InChI=1S/C19H15ClO5/c20-16-6-2-13(3-7-16)1-4-14(9-10-23-19(21)22)15-5-8-17-18(11-15)25-12-24-17/h1-9,11H,10,12H2,(H,21,22). The van der Waals surface area contributed by atoms with Gasteiger partial charge < -0.3 is 19.3 Å². The monoisotopic (exact) mass is 358 g/mol. The molecule has 1 N–H and O–H groups in total. The lowest BCUT2D eigenvalue weighted by molar-refractivity contribution is 0.102. The maximum Gasteiger partial charge on any atom is 0.506 e. The number of fused-ring (bicyclic) bond motifs is 1. The molecule has 0 aliphatic carbocycles. The number of hydrogen-bond acceptors (Lipinski definition) is 4. The first-order valence-corrected chi connectivity index (χ1v) is 7.89. The Hall–Kier alpha value is -2.92. The molecule has 0 fully saturated rings. The maximum absolute atomic E-state index is 10.6. The average molecular weight is 359 g/mol. The van der Waals surface area contributed by atoms with E-state index in [1.807, 2.05) is 42.5 Å². The highest BCUT2D eigenvalue weighted by molar-refractivity contribution is 6.30. The number of ether oxygens (including phenoxy) is 3. The van der Waals surface area contributed by atoms with Gasteiger partial charge in [0.1, 0.15) is 6.61 Å². The number of benzene rings is 2. The van der Waals surface area contributed by atoms with Crippen LogP contribution >= 0.6 is 11.6 Å². The SMILES string of the molecule is O=C(O)OCC=C(C=Cc1ccc(Cl)cc1)c1ccc2c(c1)OCO2. The van der Waals surface area contributed by atoms with Crippen molar-refractivity contribution in [1.82, 2.24) is 0 Å². The van der Waals surface area contributed by atoms with Gasteiger partial charge >= 0.3 is 6.16 Å². The average Bonchev–Trinajstić information content (AvgIpc) is 3.06. The predicted octanol–water partition coefficient (Wildman–Crippen LogP) is 4.86. The normalized spacial score (nSPS) is 13.2. The molecule has 0 saturated heterocycles. The minimum Gasteiger partial charge on any atom is -0.454 e. The highest BCUT2D eigenvalue weighted by Crippen LogP contribution is 2.34. The molecule has 0 unspecified atom stereocenters. The number of hydrogen-bond donors (Lipinski definition) is 1. The molecule has 3 rings (SSSR count). The Morgan fingerprint density at radius 3 is 2.68 bits per heavy atom. The van der Waals surface area contributed by atoms with Gasteiger partial charge in [-0.1, -0.05) is 42.0 Å². The minimum atomic E-state index is -1.32. The summed E-state index contributed by atoms with van der Waals surface area (Å²) < 4.78 is 15.3. The summed E-state index contributed by atoms with van der Waals surface area (Å²) in [6, 6.07) is 12.9. The van der Waals surface area contributed by atoms with Crippen molar-refractivity contribution in [3.8, 4) is 11.5 Å². The second-order valence-corrected chi connectivity index (χ2v) is 5.63. The number of carbonyl (C=O) groups is 1. The van der Waals surface area contributed by atoms with Crippen molar-refractivity contribution < 1.29 is 24.1 Å². The molecule has 128 valence electrons. The molecule has 25 heavy (non-hydrogen) atoms. The number of rotatable bonds is 5. The van der Waals surface area contributed by atoms with Crippen molar-refractivity contribution in [2.24, 2.45) is 0 Å². The number of halogens is 1. The zero-order valence-electron chi connectivity index (χ0n) is 13.1. The highest BCUT2D eigenvalue weighted by atomic mass is 35.5. The summed E-state index contributed by atoms with van der Waals surface area (Å²) in [5, 5.41) is 9.30. The smallest absolute Gasteiger partial charge is 0.454 e. The van der Waals surface area contributed by atoms with Crippen LogP contribution in [0.25, 0.3) is 11.6 Å². The zero-order chi connectivity index (χ0) is 17.6. The molecule has 0 spiro atoms. The maximum atomic E-state index is 10.6. The van der Waals surface area contributed by atoms with Gasteiger partial charge in [-0.2, -0.15) is 0 Å². The number of carboxylic acid groups (broad SMARTS) is 1. The molecule has 0 radical (unpaired) electrons. The van der Waals surface area contributed by atoms with Gasteiger partial charge in [0, 0.05) is 5.02 Å². The molecule has 6 heteroatoms. The highest BCUT2D eigenvalue weighted by Gasteiger charge is 2.14. The fourth-order valence-electron chi connectivity index (χ4n) is 2.32. The molecule has 2 aromatic rings. The van der Waals surface area contributed by atoms with Crippen molar-refractivity contribution in [2.75, 3.05) is 13.4 Å². The summed E-state index contributed by atoms with van der Waals surface area (Å²) in [6.07, 6.45) is 4.17. The first-order chi connectivity index (χ1) is 12.1. The molecule has 0 bridgehead atoms. The largest absolute Gasteiger partial charge is 0.506 e. The van der Waals surface area contributed by atoms with E-state index in [4.69, 9.17) is 26.2 Å². The third-order valence-corrected chi connectivity index (χ3v) is 3.79. The third-order valence-electron chi connectivity index (χ3n) is 3.54. The van der Waals surface area contributed by atoms with Crippen LogP contribution in [0.15, 0.2) is 54.6 Å². The van der Waals surface area contributed by atoms with Crippen LogP contribution in [0.2, 0.25) is 5.02 Å². The molecule has 0 amide bonds. The van der Waals surface area contributed by atoms with Gasteiger partial charge in [0.05, 0.1) is 0 Å².